The minimum Gasteiger partial charge on any atom is -0.444 e. The maximum atomic E-state index is 12.5. The number of piperidine rings is 1. The Hall–Kier alpha value is -3.11. The summed E-state index contributed by atoms with van der Waals surface area (Å²) in [5.74, 6) is 0.491. The van der Waals surface area contributed by atoms with Crippen molar-refractivity contribution in [2.24, 2.45) is 5.41 Å². The van der Waals surface area contributed by atoms with E-state index >= 15 is 0 Å². The van der Waals surface area contributed by atoms with Crippen LogP contribution in [0.25, 0.3) is 0 Å². The predicted molar refractivity (Wildman–Crippen MR) is 250 cm³/mol. The van der Waals surface area contributed by atoms with Crippen LogP contribution in [0, 0.1) is 19.3 Å². The van der Waals surface area contributed by atoms with Gasteiger partial charge in [-0.15, -0.1) is 0 Å². The third-order valence-corrected chi connectivity index (χ3v) is 16.2. The summed E-state index contributed by atoms with van der Waals surface area (Å²) in [6.07, 6.45) is 6.85. The summed E-state index contributed by atoms with van der Waals surface area (Å²) >= 11 is 7.25. The normalized spacial score (nSPS) is 18.3. The highest BCUT2D eigenvalue weighted by atomic mass is 79.9. The zero-order valence-corrected chi connectivity index (χ0v) is 41.2. The lowest BCUT2D eigenvalue weighted by Gasteiger charge is -2.48. The van der Waals surface area contributed by atoms with Gasteiger partial charge in [0, 0.05) is 33.5 Å². The molecular formula is C48H60Br2N2O8S2. The van der Waals surface area contributed by atoms with Gasteiger partial charge in [-0.3, -0.25) is 8.37 Å². The van der Waals surface area contributed by atoms with Crippen molar-refractivity contribution in [2.45, 2.75) is 113 Å². The molecule has 2 heterocycles. The van der Waals surface area contributed by atoms with Crippen LogP contribution in [0.4, 0.5) is 4.79 Å². The zero-order chi connectivity index (χ0) is 44.7. The van der Waals surface area contributed by atoms with Crippen LogP contribution in [0.1, 0.15) is 99.8 Å². The van der Waals surface area contributed by atoms with Gasteiger partial charge in [0.2, 0.25) is 0 Å². The van der Waals surface area contributed by atoms with Crippen LogP contribution in [0.3, 0.4) is 0 Å². The van der Waals surface area contributed by atoms with E-state index in [1.807, 2.05) is 63.8 Å². The molecule has 1 aliphatic carbocycles. The Bertz CT molecular complexity index is 2260. The third-order valence-electron chi connectivity index (χ3n) is 12.1. The van der Waals surface area contributed by atoms with Gasteiger partial charge in [-0.1, -0.05) is 104 Å². The molecule has 10 nitrogen and oxygen atoms in total. The van der Waals surface area contributed by atoms with E-state index in [1.54, 1.807) is 24.3 Å². The minimum absolute atomic E-state index is 0.0487. The molecule has 0 radical (unpaired) electrons. The molecule has 4 aromatic rings. The van der Waals surface area contributed by atoms with Gasteiger partial charge < -0.3 is 14.5 Å². The first kappa shape index (κ1) is 48.3. The topological polar surface area (TPSA) is 120 Å². The number of ether oxygens (including phenoxy) is 1. The van der Waals surface area contributed by atoms with Crippen molar-refractivity contribution in [2.75, 3.05) is 39.4 Å². The molecule has 14 heteroatoms. The van der Waals surface area contributed by atoms with Gasteiger partial charge in [0.25, 0.3) is 20.2 Å². The van der Waals surface area contributed by atoms with Gasteiger partial charge in [-0.2, -0.15) is 16.8 Å². The maximum Gasteiger partial charge on any atom is 0.410 e. The van der Waals surface area contributed by atoms with Crippen molar-refractivity contribution in [1.29, 1.82) is 0 Å². The molecule has 0 N–H and O–H groups in total. The second-order valence-electron chi connectivity index (χ2n) is 18.0. The fourth-order valence-corrected chi connectivity index (χ4v) is 11.8. The van der Waals surface area contributed by atoms with Crippen molar-refractivity contribution in [3.05, 3.63) is 128 Å². The van der Waals surface area contributed by atoms with E-state index < -0.39 is 25.8 Å². The van der Waals surface area contributed by atoms with Crippen LogP contribution in [0.5, 0.6) is 0 Å². The van der Waals surface area contributed by atoms with Gasteiger partial charge in [-0.05, 0) is 152 Å². The molecular weight excluding hydrogens is 956 g/mol. The Balaban J connectivity index is 0.000000210. The minimum atomic E-state index is -3.89. The summed E-state index contributed by atoms with van der Waals surface area (Å²) in [4.78, 5) is 17.1. The molecule has 3 aliphatic rings. The first-order chi connectivity index (χ1) is 29.3. The summed E-state index contributed by atoms with van der Waals surface area (Å²) in [6.45, 7) is 13.6. The summed E-state index contributed by atoms with van der Waals surface area (Å²) < 4.78 is 68.3. The fourth-order valence-electron chi connectivity index (χ4n) is 8.78. The van der Waals surface area contributed by atoms with Crippen LogP contribution < -0.4 is 0 Å². The number of carbonyl (C=O) groups excluding carboxylic acids is 1. The van der Waals surface area contributed by atoms with Gasteiger partial charge in [0.05, 0.1) is 23.0 Å². The van der Waals surface area contributed by atoms with E-state index in [0.29, 0.717) is 30.2 Å². The molecule has 1 spiro atoms. The second-order valence-corrected chi connectivity index (χ2v) is 23.0. The Morgan fingerprint density at radius 3 is 1.73 bits per heavy atom. The molecule has 1 amide bonds. The zero-order valence-electron chi connectivity index (χ0n) is 36.4. The smallest absolute Gasteiger partial charge is 0.410 e. The van der Waals surface area contributed by atoms with Gasteiger partial charge in [-0.25, -0.2) is 4.79 Å². The lowest BCUT2D eigenvalue weighted by molar-refractivity contribution is -0.0347. The number of benzene rings is 4. The Morgan fingerprint density at radius 2 is 1.23 bits per heavy atom. The summed E-state index contributed by atoms with van der Waals surface area (Å²) in [6, 6.07) is 29.8. The Kier molecular flexibility index (Phi) is 16.2. The van der Waals surface area contributed by atoms with Crippen molar-refractivity contribution < 1.29 is 34.7 Å². The number of carbonyl (C=O) groups is 1. The second kappa shape index (κ2) is 20.8. The number of likely N-dealkylation sites (tertiary alicyclic amines) is 2. The first-order valence-corrected chi connectivity index (χ1v) is 25.9. The highest BCUT2D eigenvalue weighted by Gasteiger charge is 2.51. The Labute approximate surface area is 386 Å². The number of nitrogens with zero attached hydrogens (tertiary/aromatic N) is 2. The van der Waals surface area contributed by atoms with Crippen LogP contribution in [-0.2, 0) is 33.3 Å². The Morgan fingerprint density at radius 1 is 0.726 bits per heavy atom. The number of rotatable bonds is 13. The molecule has 1 atom stereocenters. The average molecular weight is 1020 g/mol. The van der Waals surface area contributed by atoms with Crippen LogP contribution in [0.15, 0.2) is 116 Å². The van der Waals surface area contributed by atoms with Crippen molar-refractivity contribution >= 4 is 58.2 Å². The average Bonchev–Trinajstić information content (AvgIpc) is 3.67. The molecule has 0 unspecified atom stereocenters. The lowest BCUT2D eigenvalue weighted by atomic mass is 9.78. The van der Waals surface area contributed by atoms with E-state index in [-0.39, 0.29) is 35.0 Å². The van der Waals surface area contributed by atoms with Crippen molar-refractivity contribution in [3.8, 4) is 0 Å². The van der Waals surface area contributed by atoms with Crippen LogP contribution in [-0.4, -0.2) is 83.8 Å². The van der Waals surface area contributed by atoms with E-state index in [1.165, 1.54) is 79.5 Å². The monoisotopic (exact) mass is 1010 g/mol. The van der Waals surface area contributed by atoms with E-state index in [0.717, 1.165) is 34.3 Å². The van der Waals surface area contributed by atoms with Crippen molar-refractivity contribution in [1.82, 2.24) is 9.80 Å². The van der Waals surface area contributed by atoms with E-state index in [9.17, 15) is 21.6 Å². The van der Waals surface area contributed by atoms with Crippen LogP contribution >= 0.6 is 31.9 Å². The number of hydrogen-bond acceptors (Lipinski definition) is 9. The number of amides is 1. The fraction of sp³-hybridized carbons (Fsp3) is 0.479. The largest absolute Gasteiger partial charge is 0.444 e. The maximum absolute atomic E-state index is 12.5. The standard InChI is InChI=1S/C25H27BrO6S2.C23H33BrN2O2/c1-19-7-11-22(12-8-19)33(27,28)31-17-15-21(24-5-3-4-6-25(24)26)16-18-32-34(29,30)23-13-9-20(2)10-14-23;1-22(2,3)28-21(27)26-15-23(16-26)11-8-18(14-23)25-12-9-17(10-13-25)19-6-4-5-7-20(19)24/h3-14,21H,15-18H2,1-2H3;4-7,17-18H,8-16H2,1-3H3/t;18-/m.1/s1. The number of hydrogen-bond donors (Lipinski definition) is 0. The molecule has 3 fully saturated rings. The summed E-state index contributed by atoms with van der Waals surface area (Å²) in [7, 11) is -7.77. The first-order valence-electron chi connectivity index (χ1n) is 21.5. The lowest BCUT2D eigenvalue weighted by Crippen LogP contribution is -2.58. The molecule has 7 rings (SSSR count). The van der Waals surface area contributed by atoms with Crippen LogP contribution in [0.2, 0.25) is 0 Å². The molecule has 62 heavy (non-hydrogen) atoms. The van der Waals surface area contributed by atoms with Gasteiger partial charge in [0.1, 0.15) is 5.60 Å². The van der Waals surface area contributed by atoms with Gasteiger partial charge in [0.15, 0.2) is 0 Å². The number of halogens is 2. The molecule has 0 aromatic heterocycles. The molecule has 2 aliphatic heterocycles. The quantitative estimate of drug-likeness (QED) is 0.121. The molecule has 4 aromatic carbocycles. The molecule has 1 saturated carbocycles. The van der Waals surface area contributed by atoms with E-state index in [2.05, 4.69) is 61.0 Å². The third kappa shape index (κ3) is 13.0. The molecule has 2 saturated heterocycles. The highest BCUT2D eigenvalue weighted by molar-refractivity contribution is 9.10. The van der Waals surface area contributed by atoms with E-state index in [4.69, 9.17) is 13.1 Å². The van der Waals surface area contributed by atoms with Crippen molar-refractivity contribution in [3.63, 3.8) is 0 Å². The predicted octanol–water partition coefficient (Wildman–Crippen LogP) is 11.2. The summed E-state index contributed by atoms with van der Waals surface area (Å²) in [5.41, 5.74) is 4.24. The molecule has 0 bridgehead atoms. The SMILES string of the molecule is CC(C)(C)OC(=O)N1CC2(CC[C@@H](N3CCC(c4ccccc4Br)CC3)C2)C1.Cc1ccc(S(=O)(=O)OCCC(CCOS(=O)(=O)c2ccc(C)cc2)c2ccccc2Br)cc1. The highest BCUT2D eigenvalue weighted by Crippen LogP contribution is 2.48. The summed E-state index contributed by atoms with van der Waals surface area (Å²) in [5, 5.41) is 0. The number of aryl methyl sites for hydroxylation is 2. The van der Waals surface area contributed by atoms with Gasteiger partial charge >= 0.3 is 6.09 Å². The molecule has 336 valence electrons.